The molecule has 0 fully saturated rings. The largest absolute Gasteiger partial charge is 1.00 e. The van der Waals surface area contributed by atoms with Gasteiger partial charge in [0.1, 0.15) is 70.2 Å². The third-order valence-corrected chi connectivity index (χ3v) is 17.0. The van der Waals surface area contributed by atoms with Crippen molar-refractivity contribution in [2.75, 3.05) is 0 Å². The maximum Gasteiger partial charge on any atom is 1.00 e. The molecule has 68 heavy (non-hydrogen) atoms. The molecule has 0 aliphatic heterocycles. The molecule has 0 N–H and O–H groups in total. The van der Waals surface area contributed by atoms with Gasteiger partial charge in [0.15, 0.2) is 0 Å². The van der Waals surface area contributed by atoms with Gasteiger partial charge in [-0.15, -0.1) is 29.3 Å². The summed E-state index contributed by atoms with van der Waals surface area (Å²) in [4.78, 5) is 0. The van der Waals surface area contributed by atoms with Crippen LogP contribution in [0.5, 0.6) is 0 Å². The summed E-state index contributed by atoms with van der Waals surface area (Å²) in [5.41, 5.74) is 3.90. The number of rotatable bonds is 8. The smallest absolute Gasteiger partial charge is 0.457 e. The summed E-state index contributed by atoms with van der Waals surface area (Å²) in [7, 11) is -2.46. The third-order valence-electron chi connectivity index (χ3n) is 11.2. The van der Waals surface area contributed by atoms with Gasteiger partial charge in [-0.3, -0.25) is 11.8 Å². The van der Waals surface area contributed by atoms with Crippen molar-refractivity contribution < 1.29 is 53.6 Å². The molecule has 11 aromatic rings. The van der Waals surface area contributed by atoms with Crippen LogP contribution in [0.25, 0.3) is 49.8 Å². The van der Waals surface area contributed by atoms with Crippen molar-refractivity contribution in [3.63, 3.8) is 0 Å². The quantitative estimate of drug-likeness (QED) is 0.0498. The monoisotopic (exact) mass is 1280 g/mol. The zero-order valence-corrected chi connectivity index (χ0v) is 43.1. The molecular formula is C62H44Au2O2P2+2. The summed E-state index contributed by atoms with van der Waals surface area (Å²) in [6.45, 7) is 3.62. The van der Waals surface area contributed by atoms with Gasteiger partial charge in [-0.1, -0.05) is 133 Å². The summed E-state index contributed by atoms with van der Waals surface area (Å²) in [6.07, 6.45) is 17.4. The first-order valence-electron chi connectivity index (χ1n) is 21.7. The predicted molar refractivity (Wildman–Crippen MR) is 286 cm³/mol. The normalized spacial score (nSPS) is 10.6. The van der Waals surface area contributed by atoms with Crippen LogP contribution in [0.4, 0.5) is 0 Å². The van der Waals surface area contributed by atoms with Crippen LogP contribution >= 0.6 is 15.8 Å². The molecule has 0 spiro atoms. The van der Waals surface area contributed by atoms with Gasteiger partial charge in [0, 0.05) is 16.2 Å². The van der Waals surface area contributed by atoms with Gasteiger partial charge < -0.3 is 21.7 Å². The fraction of sp³-hybridized carbons (Fsp3) is 0. The van der Waals surface area contributed by atoms with E-state index in [1.54, 1.807) is 12.2 Å². The summed E-state index contributed by atoms with van der Waals surface area (Å²) in [5, 5.41) is 14.5. The Morgan fingerprint density at radius 2 is 0.853 bits per heavy atom. The minimum atomic E-state index is -1.23. The van der Waals surface area contributed by atoms with Crippen LogP contribution in [-0.2, 0) is 44.8 Å². The molecule has 0 aliphatic rings. The molecule has 9 aromatic carbocycles. The second kappa shape index (κ2) is 24.0. The maximum atomic E-state index is 7.10. The average Bonchev–Trinajstić information content (AvgIpc) is 3.98. The van der Waals surface area contributed by atoms with Crippen LogP contribution < -0.4 is 31.8 Å². The van der Waals surface area contributed by atoms with E-state index >= 15 is 0 Å². The molecule has 11 rings (SSSR count). The van der Waals surface area contributed by atoms with Crippen molar-refractivity contribution >= 4 is 97.4 Å². The molecule has 2 heterocycles. The molecule has 2 aromatic heterocycles. The van der Waals surface area contributed by atoms with E-state index in [4.69, 9.17) is 21.7 Å². The van der Waals surface area contributed by atoms with E-state index in [1.165, 1.54) is 42.6 Å². The van der Waals surface area contributed by atoms with Crippen LogP contribution in [0.3, 0.4) is 0 Å². The molecule has 0 atom stereocenters. The Kier molecular flexibility index (Phi) is 17.4. The summed E-state index contributed by atoms with van der Waals surface area (Å²) in [6, 6.07) is 81.6. The van der Waals surface area contributed by atoms with E-state index < -0.39 is 15.8 Å². The average molecular weight is 1280 g/mol. The van der Waals surface area contributed by atoms with Crippen molar-refractivity contribution in [2.45, 2.75) is 0 Å². The van der Waals surface area contributed by atoms with Gasteiger partial charge in [-0.25, -0.2) is 0 Å². The Morgan fingerprint density at radius 1 is 0.426 bits per heavy atom. The SMILES string of the molecule is [Au+].[Au+].[C-]#CC(=C)/C=C\c1cc2ccccc2o1.[C-]#Cc1ccc2oc3ccccc3c2c1.c1ccc([PH+](c2ccccc2)c2cc3ccccc3cc2[PH+](c2ccccc2)c2ccccc2)cc1. The molecule has 2 nitrogen and oxygen atoms in total. The van der Waals surface area contributed by atoms with Crippen LogP contribution in [0.2, 0.25) is 0 Å². The van der Waals surface area contributed by atoms with Crippen LogP contribution in [0.1, 0.15) is 11.3 Å². The van der Waals surface area contributed by atoms with E-state index in [-0.39, 0.29) is 44.8 Å². The van der Waals surface area contributed by atoms with Crippen LogP contribution in [0, 0.1) is 24.7 Å². The molecule has 334 valence electrons. The van der Waals surface area contributed by atoms with Gasteiger partial charge in [-0.05, 0) is 102 Å². The Labute approximate surface area is 432 Å². The third kappa shape index (κ3) is 11.6. The molecule has 0 unspecified atom stereocenters. The summed E-state index contributed by atoms with van der Waals surface area (Å²) in [5.74, 6) is 5.33. The van der Waals surface area contributed by atoms with Crippen LogP contribution in [0.15, 0.2) is 258 Å². The predicted octanol–water partition coefficient (Wildman–Crippen LogP) is 12.9. The molecule has 0 aliphatic carbocycles. The summed E-state index contributed by atoms with van der Waals surface area (Å²) < 4.78 is 11.2. The van der Waals surface area contributed by atoms with E-state index in [0.717, 1.165) is 44.2 Å². The first kappa shape index (κ1) is 49.4. The van der Waals surface area contributed by atoms with E-state index in [9.17, 15) is 0 Å². The molecule has 0 saturated carbocycles. The molecule has 0 radical (unpaired) electrons. The zero-order chi connectivity index (χ0) is 45.1. The number of furan rings is 2. The first-order valence-corrected chi connectivity index (χ1v) is 24.7. The Balaban J connectivity index is 0.000000176. The fourth-order valence-electron chi connectivity index (χ4n) is 8.14. The number of hydrogen-bond acceptors (Lipinski definition) is 2. The zero-order valence-electron chi connectivity index (χ0n) is 36.7. The molecule has 0 bridgehead atoms. The van der Waals surface area contributed by atoms with Gasteiger partial charge in [0.2, 0.25) is 0 Å². The van der Waals surface area contributed by atoms with E-state index in [2.05, 4.69) is 176 Å². The fourth-order valence-corrected chi connectivity index (χ4v) is 14.2. The Morgan fingerprint density at radius 3 is 1.32 bits per heavy atom. The number of fused-ring (bicyclic) bond motifs is 5. The number of allylic oxidation sites excluding steroid dienone is 2. The van der Waals surface area contributed by atoms with Crippen molar-refractivity contribution in [1.82, 2.24) is 0 Å². The van der Waals surface area contributed by atoms with Crippen molar-refractivity contribution in [3.05, 3.63) is 273 Å². The topological polar surface area (TPSA) is 26.3 Å². The van der Waals surface area contributed by atoms with Gasteiger partial charge in [0.05, 0.1) is 0 Å². The van der Waals surface area contributed by atoms with Crippen molar-refractivity contribution in [2.24, 2.45) is 0 Å². The number of hydrogen-bond donors (Lipinski definition) is 0. The standard InChI is InChI=1S/C34H26P2.C14H7O.C14H9O.2Au/c1-5-17-29(18-6-1)35(30-19-7-2-8-20-30)33-25-27-15-13-14-16-28(27)26-34(33)36(31-21-9-3-10-22-31)32-23-11-4-12-24-32;1-2-10-7-8-14-12(9-10)11-5-3-4-6-13(11)15-14;1-3-11(2)8-9-13-10-12-6-4-5-7-14(12)15-13;;/h1-26H;3-9H;4-10H,2H2;;/q;2*-1;2*+1/p+2/b;;9-8-;;. The molecule has 6 heteroatoms. The Hall–Kier alpha value is -6.48. The molecule has 0 amide bonds. The van der Waals surface area contributed by atoms with Crippen LogP contribution in [-0.4, -0.2) is 0 Å². The Bertz CT molecular complexity index is 3300. The van der Waals surface area contributed by atoms with E-state index in [1.807, 2.05) is 72.8 Å². The first-order chi connectivity index (χ1) is 32.6. The molecule has 0 saturated heterocycles. The minimum Gasteiger partial charge on any atom is -0.457 e. The van der Waals surface area contributed by atoms with Crippen molar-refractivity contribution in [1.29, 1.82) is 0 Å². The number of benzene rings is 9. The van der Waals surface area contributed by atoms with E-state index in [0.29, 0.717) is 5.57 Å². The molecular weight excluding hydrogens is 1230 g/mol. The second-order valence-corrected chi connectivity index (χ2v) is 20.5. The number of para-hydroxylation sites is 2. The van der Waals surface area contributed by atoms with Gasteiger partial charge in [0.25, 0.3) is 0 Å². The minimum absolute atomic E-state index is 0. The van der Waals surface area contributed by atoms with Gasteiger partial charge in [-0.2, -0.15) is 6.58 Å². The maximum absolute atomic E-state index is 7.10. The second-order valence-electron chi connectivity index (χ2n) is 15.6. The van der Waals surface area contributed by atoms with Crippen molar-refractivity contribution in [3.8, 4) is 11.8 Å². The van der Waals surface area contributed by atoms with Gasteiger partial charge >= 0.3 is 44.8 Å². The summed E-state index contributed by atoms with van der Waals surface area (Å²) >= 11 is 0.